The number of rotatable bonds is 6. The van der Waals surface area contributed by atoms with E-state index in [0.717, 1.165) is 5.56 Å². The number of alkyl halides is 1. The van der Waals surface area contributed by atoms with E-state index in [4.69, 9.17) is 4.74 Å². The van der Waals surface area contributed by atoms with Crippen LogP contribution in [0, 0.1) is 6.92 Å². The average molecular weight is 468 g/mol. The lowest BCUT2D eigenvalue weighted by Gasteiger charge is -2.21. The number of ether oxygens (including phenoxy) is 1. The summed E-state index contributed by atoms with van der Waals surface area (Å²) in [4.78, 5) is 23.5. The predicted molar refractivity (Wildman–Crippen MR) is 111 cm³/mol. The zero-order valence-corrected chi connectivity index (χ0v) is 18.4. The molecule has 2 aromatic rings. The number of hydrogen-bond donors (Lipinski definition) is 1. The molecule has 0 spiro atoms. The van der Waals surface area contributed by atoms with Crippen LogP contribution in [0.25, 0.3) is 0 Å². The van der Waals surface area contributed by atoms with Crippen LogP contribution in [0.15, 0.2) is 53.4 Å². The summed E-state index contributed by atoms with van der Waals surface area (Å²) in [5, 5.41) is 0. The molecule has 0 radical (unpaired) electrons. The zero-order chi connectivity index (χ0) is 21.1. The molecular formula is C20H22BrNO5S. The van der Waals surface area contributed by atoms with Gasteiger partial charge in [0.1, 0.15) is 5.60 Å². The number of anilines is 1. The smallest absolute Gasteiger partial charge is 0.328 e. The van der Waals surface area contributed by atoms with Crippen LogP contribution in [-0.4, -0.2) is 30.6 Å². The van der Waals surface area contributed by atoms with Crippen molar-refractivity contribution in [3.8, 4) is 0 Å². The molecule has 1 unspecified atom stereocenters. The van der Waals surface area contributed by atoms with Crippen molar-refractivity contribution < 1.29 is 22.7 Å². The number of hydrogen-bond acceptors (Lipinski definition) is 5. The minimum absolute atomic E-state index is 0.101. The number of benzene rings is 2. The van der Waals surface area contributed by atoms with Crippen molar-refractivity contribution in [3.05, 3.63) is 59.7 Å². The van der Waals surface area contributed by atoms with Crippen molar-refractivity contribution in [3.63, 3.8) is 0 Å². The zero-order valence-electron chi connectivity index (χ0n) is 16.0. The normalized spacial score (nSPS) is 12.9. The van der Waals surface area contributed by atoms with E-state index in [-0.39, 0.29) is 10.5 Å². The summed E-state index contributed by atoms with van der Waals surface area (Å²) >= 11 is 3.04. The fourth-order valence-electron chi connectivity index (χ4n) is 2.39. The van der Waals surface area contributed by atoms with E-state index in [1.54, 1.807) is 52.0 Å². The first-order valence-electron chi connectivity index (χ1n) is 8.51. The fraction of sp³-hybridized carbons (Fsp3) is 0.300. The minimum atomic E-state index is -4.05. The second-order valence-electron chi connectivity index (χ2n) is 7.18. The van der Waals surface area contributed by atoms with Crippen molar-refractivity contribution in [1.29, 1.82) is 0 Å². The van der Waals surface area contributed by atoms with E-state index in [1.807, 2.05) is 0 Å². The highest BCUT2D eigenvalue weighted by Gasteiger charge is 2.33. The summed E-state index contributed by atoms with van der Waals surface area (Å²) in [7, 11) is -4.05. The first-order valence-corrected chi connectivity index (χ1v) is 10.9. The van der Waals surface area contributed by atoms with Crippen LogP contribution in [0.5, 0.6) is 0 Å². The van der Waals surface area contributed by atoms with Crippen molar-refractivity contribution in [1.82, 2.24) is 0 Å². The third-order valence-electron chi connectivity index (χ3n) is 3.68. The largest absolute Gasteiger partial charge is 0.459 e. The fourth-order valence-corrected chi connectivity index (χ4v) is 4.07. The number of aryl methyl sites for hydroxylation is 1. The number of esters is 1. The Hall–Kier alpha value is -2.19. The van der Waals surface area contributed by atoms with Gasteiger partial charge in [-0.1, -0.05) is 46.3 Å². The van der Waals surface area contributed by atoms with Gasteiger partial charge in [0.2, 0.25) is 0 Å². The molecule has 2 rings (SSSR count). The predicted octanol–water partition coefficient (Wildman–Crippen LogP) is 4.08. The molecule has 0 bridgehead atoms. The Morgan fingerprint density at radius 2 is 1.61 bits per heavy atom. The van der Waals surface area contributed by atoms with Gasteiger partial charge < -0.3 is 4.74 Å². The standard InChI is InChI=1S/C20H22BrNO5S/c1-13-9-5-7-11-15(13)22-28(25,26)16-12-8-6-10-14(16)18(23)17(21)19(24)27-20(2,3)4/h5-12,17,22H,1-4H3. The number of carbonyl (C=O) groups is 2. The SMILES string of the molecule is Cc1ccccc1NS(=O)(=O)c1ccccc1C(=O)C(Br)C(=O)OC(C)(C)C. The third-order valence-corrected chi connectivity index (χ3v) is 5.89. The Morgan fingerprint density at radius 3 is 2.21 bits per heavy atom. The van der Waals surface area contributed by atoms with E-state index < -0.39 is 32.2 Å². The molecular weight excluding hydrogens is 446 g/mol. The number of para-hydroxylation sites is 1. The maximum Gasteiger partial charge on any atom is 0.328 e. The molecule has 0 aromatic heterocycles. The van der Waals surface area contributed by atoms with Gasteiger partial charge in [-0.2, -0.15) is 0 Å². The van der Waals surface area contributed by atoms with Crippen molar-refractivity contribution in [2.24, 2.45) is 0 Å². The monoisotopic (exact) mass is 467 g/mol. The Labute approximate surface area is 173 Å². The molecule has 1 N–H and O–H groups in total. The lowest BCUT2D eigenvalue weighted by molar-refractivity contribution is -0.152. The molecule has 28 heavy (non-hydrogen) atoms. The van der Waals surface area contributed by atoms with Gasteiger partial charge >= 0.3 is 5.97 Å². The topological polar surface area (TPSA) is 89.5 Å². The summed E-state index contributed by atoms with van der Waals surface area (Å²) in [6.45, 7) is 6.81. The summed E-state index contributed by atoms with van der Waals surface area (Å²) in [6, 6.07) is 12.6. The quantitative estimate of drug-likeness (QED) is 0.299. The van der Waals surface area contributed by atoms with Crippen LogP contribution >= 0.6 is 15.9 Å². The highest BCUT2D eigenvalue weighted by atomic mass is 79.9. The molecule has 0 amide bonds. The van der Waals surface area contributed by atoms with Crippen LogP contribution in [0.4, 0.5) is 5.69 Å². The van der Waals surface area contributed by atoms with E-state index >= 15 is 0 Å². The lowest BCUT2D eigenvalue weighted by Crippen LogP contribution is -2.34. The Morgan fingerprint density at radius 1 is 1.04 bits per heavy atom. The van der Waals surface area contributed by atoms with Crippen molar-refractivity contribution in [2.75, 3.05) is 4.72 Å². The minimum Gasteiger partial charge on any atom is -0.459 e. The number of halogens is 1. The van der Waals surface area contributed by atoms with Crippen molar-refractivity contribution in [2.45, 2.75) is 43.0 Å². The number of sulfonamides is 1. The molecule has 8 heteroatoms. The number of Topliss-reactive ketones (excluding diaryl/α,β-unsaturated/α-hetero) is 1. The number of nitrogens with one attached hydrogen (secondary N) is 1. The van der Waals surface area contributed by atoms with Gasteiger partial charge in [-0.25, -0.2) is 8.42 Å². The van der Waals surface area contributed by atoms with Crippen LogP contribution < -0.4 is 4.72 Å². The molecule has 0 aliphatic rings. The van der Waals surface area contributed by atoms with E-state index in [1.165, 1.54) is 24.3 Å². The van der Waals surface area contributed by atoms with E-state index in [0.29, 0.717) is 5.69 Å². The van der Waals surface area contributed by atoms with Crippen LogP contribution in [0.1, 0.15) is 36.7 Å². The highest BCUT2D eigenvalue weighted by molar-refractivity contribution is 9.10. The van der Waals surface area contributed by atoms with Gasteiger partial charge in [0.05, 0.1) is 10.6 Å². The molecule has 0 aliphatic heterocycles. The highest BCUT2D eigenvalue weighted by Crippen LogP contribution is 2.25. The van der Waals surface area contributed by atoms with Gasteiger partial charge in [0.15, 0.2) is 10.6 Å². The molecule has 0 fully saturated rings. The van der Waals surface area contributed by atoms with Crippen LogP contribution in [0.3, 0.4) is 0 Å². The molecule has 150 valence electrons. The Bertz CT molecular complexity index is 996. The summed E-state index contributed by atoms with van der Waals surface area (Å²) in [5.74, 6) is -1.48. The molecule has 6 nitrogen and oxygen atoms in total. The number of carbonyl (C=O) groups excluding carboxylic acids is 2. The van der Waals surface area contributed by atoms with Gasteiger partial charge in [-0.3, -0.25) is 14.3 Å². The lowest BCUT2D eigenvalue weighted by atomic mass is 10.1. The third kappa shape index (κ3) is 5.42. The van der Waals surface area contributed by atoms with Crippen molar-refractivity contribution >= 4 is 43.4 Å². The summed E-state index contributed by atoms with van der Waals surface area (Å²) in [6.07, 6.45) is 0. The van der Waals surface area contributed by atoms with E-state index in [9.17, 15) is 18.0 Å². The van der Waals surface area contributed by atoms with Gasteiger partial charge in [-0.05, 0) is 51.5 Å². The van der Waals surface area contributed by atoms with Gasteiger partial charge in [-0.15, -0.1) is 0 Å². The molecule has 1 atom stereocenters. The van der Waals surface area contributed by atoms with Crippen LogP contribution in [-0.2, 0) is 19.6 Å². The first kappa shape index (κ1) is 22.1. The maximum absolute atomic E-state index is 12.9. The summed E-state index contributed by atoms with van der Waals surface area (Å²) in [5.41, 5.74) is 0.270. The molecule has 0 heterocycles. The molecule has 0 aliphatic carbocycles. The summed E-state index contributed by atoms with van der Waals surface area (Å²) < 4.78 is 33.5. The van der Waals surface area contributed by atoms with Crippen LogP contribution in [0.2, 0.25) is 0 Å². The maximum atomic E-state index is 12.9. The second-order valence-corrected chi connectivity index (χ2v) is 9.74. The first-order chi connectivity index (χ1) is 12.9. The second kappa shape index (κ2) is 8.45. The Kier molecular flexibility index (Phi) is 6.67. The molecule has 0 saturated carbocycles. The molecule has 0 saturated heterocycles. The van der Waals surface area contributed by atoms with Gasteiger partial charge in [0, 0.05) is 5.56 Å². The van der Waals surface area contributed by atoms with Gasteiger partial charge in [0.25, 0.3) is 10.0 Å². The average Bonchev–Trinajstić information content (AvgIpc) is 2.61. The van der Waals surface area contributed by atoms with E-state index in [2.05, 4.69) is 20.7 Å². The number of ketones is 1. The Balaban J connectivity index is 2.38. The molecule has 2 aromatic carbocycles.